The van der Waals surface area contributed by atoms with Gasteiger partial charge >= 0.3 is 5.97 Å². The molecule has 1 saturated carbocycles. The Kier molecular flexibility index (Phi) is 7.18. The van der Waals surface area contributed by atoms with E-state index >= 15 is 0 Å². The second kappa shape index (κ2) is 9.53. The van der Waals surface area contributed by atoms with Gasteiger partial charge in [-0.25, -0.2) is 18.6 Å². The van der Waals surface area contributed by atoms with Crippen LogP contribution >= 0.6 is 0 Å². The number of rotatable bonds is 4. The zero-order valence-corrected chi connectivity index (χ0v) is 19.1. The fraction of sp³-hybridized carbons (Fsp3) is 0.520. The molecule has 0 spiro atoms. The summed E-state index contributed by atoms with van der Waals surface area (Å²) in [7, 11) is 0. The lowest BCUT2D eigenvalue weighted by Crippen LogP contribution is -2.31. The Hall–Kier alpha value is -2.54. The van der Waals surface area contributed by atoms with Crippen LogP contribution in [0.5, 0.6) is 0 Å². The highest BCUT2D eigenvalue weighted by Gasteiger charge is 2.32. The predicted octanol–water partition coefficient (Wildman–Crippen LogP) is 5.09. The maximum Gasteiger partial charge on any atom is 0.341 e. The predicted molar refractivity (Wildman–Crippen MR) is 121 cm³/mol. The Bertz CT molecular complexity index is 976. The summed E-state index contributed by atoms with van der Waals surface area (Å²) >= 11 is 0. The summed E-state index contributed by atoms with van der Waals surface area (Å²) in [6.07, 6.45) is 2.11. The lowest BCUT2D eigenvalue weighted by atomic mass is 9.79. The summed E-state index contributed by atoms with van der Waals surface area (Å²) < 4.78 is 34.2. The summed E-state index contributed by atoms with van der Waals surface area (Å²) in [6.45, 7) is 7.16. The van der Waals surface area contributed by atoms with E-state index in [2.05, 4.69) is 4.99 Å². The van der Waals surface area contributed by atoms with Gasteiger partial charge < -0.3 is 15.6 Å². The highest BCUT2D eigenvalue weighted by atomic mass is 19.1. The van der Waals surface area contributed by atoms with E-state index in [0.717, 1.165) is 11.1 Å². The second-order valence-electron chi connectivity index (χ2n) is 9.52. The van der Waals surface area contributed by atoms with Crippen LogP contribution in [0.15, 0.2) is 40.5 Å². The number of halogens is 2. The number of esters is 1. The first-order valence-electron chi connectivity index (χ1n) is 11.1. The number of hydrogen-bond acceptors (Lipinski definition) is 5. The summed E-state index contributed by atoms with van der Waals surface area (Å²) in [5.41, 5.74) is 8.52. The molecule has 3 atom stereocenters. The summed E-state index contributed by atoms with van der Waals surface area (Å²) in [6, 6.07) is 4.34. The van der Waals surface area contributed by atoms with Crippen molar-refractivity contribution < 1.29 is 23.4 Å². The highest BCUT2D eigenvalue weighted by Crippen LogP contribution is 2.38. The van der Waals surface area contributed by atoms with Crippen LogP contribution in [0.1, 0.15) is 75.7 Å². The Morgan fingerprint density at radius 3 is 2.62 bits per heavy atom. The van der Waals surface area contributed by atoms with Gasteiger partial charge in [0.15, 0.2) is 0 Å². The summed E-state index contributed by atoms with van der Waals surface area (Å²) in [5.74, 6) is -1.17. The van der Waals surface area contributed by atoms with Crippen molar-refractivity contribution >= 4 is 17.4 Å². The van der Waals surface area contributed by atoms with Gasteiger partial charge in [-0.1, -0.05) is 18.6 Å². The lowest BCUT2D eigenvalue weighted by molar-refractivity contribution is 0.00647. The van der Waals surface area contributed by atoms with Gasteiger partial charge in [-0.3, -0.25) is 0 Å². The molecule has 0 bridgehead atoms. The zero-order valence-electron chi connectivity index (χ0n) is 19.1. The second-order valence-corrected chi connectivity index (χ2v) is 9.52. The van der Waals surface area contributed by atoms with Crippen molar-refractivity contribution in [3.63, 3.8) is 0 Å². The SMILES string of the molecule is CCC1=C(c2ccc(C(=O)OC(C)(C)C)c(F)c2)C(N)=NC=C(C2CCC(O)C(F)C2)C1. The van der Waals surface area contributed by atoms with Gasteiger partial charge in [0.1, 0.15) is 23.4 Å². The first-order valence-corrected chi connectivity index (χ1v) is 11.1. The Balaban J connectivity index is 1.91. The standard InChI is InChI=1S/C25H32F2N2O3/c1-5-14-10-17(15-7-9-21(30)20(27)11-15)13-29-23(28)22(14)16-6-8-18(19(26)12-16)24(31)32-25(2,3)4/h6,8,12-13,15,20-21,30H,5,7,9-11H2,1-4H3,(H2,28,29). The Morgan fingerprint density at radius 1 is 1.31 bits per heavy atom. The molecule has 7 heteroatoms. The van der Waals surface area contributed by atoms with Gasteiger partial charge in [-0.05, 0) is 82.1 Å². The number of aliphatic hydroxyl groups excluding tert-OH is 1. The maximum atomic E-state index is 14.9. The summed E-state index contributed by atoms with van der Waals surface area (Å²) in [4.78, 5) is 16.7. The average Bonchev–Trinajstić information content (AvgIpc) is 2.87. The number of hydrogen-bond donors (Lipinski definition) is 2. The van der Waals surface area contributed by atoms with Crippen LogP contribution in [-0.4, -0.2) is 34.8 Å². The number of carbonyl (C=O) groups excluding carboxylic acids is 1. The van der Waals surface area contributed by atoms with Crippen LogP contribution in [0.3, 0.4) is 0 Å². The van der Waals surface area contributed by atoms with Crippen molar-refractivity contribution in [3.05, 3.63) is 52.5 Å². The topological polar surface area (TPSA) is 84.9 Å². The molecule has 1 aliphatic carbocycles. The van der Waals surface area contributed by atoms with E-state index in [4.69, 9.17) is 10.5 Å². The number of carbonyl (C=O) groups is 1. The third-order valence-electron chi connectivity index (χ3n) is 5.96. The number of allylic oxidation sites excluding steroid dienone is 2. The third kappa shape index (κ3) is 5.44. The van der Waals surface area contributed by atoms with Crippen LogP contribution in [0.2, 0.25) is 0 Å². The van der Waals surface area contributed by atoms with Gasteiger partial charge in [0.25, 0.3) is 0 Å². The lowest BCUT2D eigenvalue weighted by Gasteiger charge is -2.30. The first-order chi connectivity index (χ1) is 15.0. The van der Waals surface area contributed by atoms with Crippen molar-refractivity contribution in [1.82, 2.24) is 0 Å². The number of ether oxygens (including phenoxy) is 1. The molecule has 0 aromatic heterocycles. The largest absolute Gasteiger partial charge is 0.456 e. The van der Waals surface area contributed by atoms with Crippen molar-refractivity contribution in [1.29, 1.82) is 0 Å². The maximum absolute atomic E-state index is 14.9. The molecule has 32 heavy (non-hydrogen) atoms. The monoisotopic (exact) mass is 446 g/mol. The Labute approximate surface area is 188 Å². The van der Waals surface area contributed by atoms with Gasteiger partial charge in [0, 0.05) is 11.8 Å². The van der Waals surface area contributed by atoms with Crippen LogP contribution in [-0.2, 0) is 4.74 Å². The van der Waals surface area contributed by atoms with E-state index in [0.29, 0.717) is 36.8 Å². The van der Waals surface area contributed by atoms with E-state index < -0.39 is 29.7 Å². The molecule has 0 amide bonds. The molecule has 5 nitrogen and oxygen atoms in total. The molecule has 0 radical (unpaired) electrons. The average molecular weight is 447 g/mol. The van der Waals surface area contributed by atoms with E-state index in [9.17, 15) is 18.7 Å². The fourth-order valence-electron chi connectivity index (χ4n) is 4.29. The minimum atomic E-state index is -1.25. The molecule has 3 unspecified atom stereocenters. The summed E-state index contributed by atoms with van der Waals surface area (Å²) in [5, 5.41) is 9.71. The number of aliphatic hydroxyl groups is 1. The van der Waals surface area contributed by atoms with E-state index in [-0.39, 0.29) is 23.7 Å². The number of aliphatic imine (C=N–C) groups is 1. The molecule has 0 saturated heterocycles. The molecule has 174 valence electrons. The molecule has 3 N–H and O–H groups in total. The highest BCUT2D eigenvalue weighted by molar-refractivity contribution is 6.23. The van der Waals surface area contributed by atoms with Crippen LogP contribution in [0.4, 0.5) is 8.78 Å². The third-order valence-corrected chi connectivity index (χ3v) is 5.96. The van der Waals surface area contributed by atoms with E-state index in [1.165, 1.54) is 12.1 Å². The van der Waals surface area contributed by atoms with Crippen molar-refractivity contribution in [2.45, 2.75) is 77.7 Å². The molecule has 1 fully saturated rings. The van der Waals surface area contributed by atoms with Gasteiger partial charge in [-0.2, -0.15) is 0 Å². The van der Waals surface area contributed by atoms with Crippen molar-refractivity contribution in [2.24, 2.45) is 16.6 Å². The van der Waals surface area contributed by atoms with Crippen LogP contribution in [0, 0.1) is 11.7 Å². The van der Waals surface area contributed by atoms with Gasteiger partial charge in [-0.15, -0.1) is 0 Å². The van der Waals surface area contributed by atoms with Crippen molar-refractivity contribution in [2.75, 3.05) is 0 Å². The van der Waals surface area contributed by atoms with Crippen molar-refractivity contribution in [3.8, 4) is 0 Å². The van der Waals surface area contributed by atoms with Crippen LogP contribution < -0.4 is 5.73 Å². The number of benzene rings is 1. The number of amidine groups is 1. The number of alkyl halides is 1. The Morgan fingerprint density at radius 2 is 2.03 bits per heavy atom. The fourth-order valence-corrected chi connectivity index (χ4v) is 4.29. The van der Waals surface area contributed by atoms with Gasteiger partial charge in [0.05, 0.1) is 11.7 Å². The first kappa shape index (κ1) is 24.1. The molecule has 2 aliphatic rings. The molecular weight excluding hydrogens is 414 g/mol. The normalized spacial score (nSPS) is 24.5. The molecule has 1 heterocycles. The van der Waals surface area contributed by atoms with Crippen LogP contribution in [0.25, 0.3) is 5.57 Å². The molecular formula is C25H32F2N2O3. The quantitative estimate of drug-likeness (QED) is 0.631. The smallest absolute Gasteiger partial charge is 0.341 e. The number of nitrogens with two attached hydrogens (primary N) is 1. The molecule has 1 aromatic carbocycles. The van der Waals surface area contributed by atoms with E-state index in [1.54, 1.807) is 33.0 Å². The van der Waals surface area contributed by atoms with Gasteiger partial charge in [0.2, 0.25) is 0 Å². The molecule has 3 rings (SSSR count). The van der Waals surface area contributed by atoms with E-state index in [1.807, 2.05) is 6.92 Å². The molecule has 1 aliphatic heterocycles. The zero-order chi connectivity index (χ0) is 23.6. The number of nitrogens with zero attached hydrogens (tertiary/aromatic N) is 1. The molecule has 1 aromatic rings. The minimum Gasteiger partial charge on any atom is -0.456 e. The minimum absolute atomic E-state index is 0.0165.